The third kappa shape index (κ3) is 6.45. The van der Waals surface area contributed by atoms with Crippen molar-refractivity contribution in [3.8, 4) is 5.75 Å². The van der Waals surface area contributed by atoms with Gasteiger partial charge >= 0.3 is 5.97 Å². The predicted molar refractivity (Wildman–Crippen MR) is 85.5 cm³/mol. The van der Waals surface area contributed by atoms with E-state index in [0.29, 0.717) is 18.6 Å². The third-order valence-electron chi connectivity index (χ3n) is 3.67. The van der Waals surface area contributed by atoms with Crippen molar-refractivity contribution in [1.29, 1.82) is 0 Å². The molecular weight excluding hydrogens is 266 g/mol. The minimum absolute atomic E-state index is 0.525. The molecule has 0 amide bonds. The maximum absolute atomic E-state index is 10.4. The van der Waals surface area contributed by atoms with Crippen LogP contribution in [0.5, 0.6) is 5.75 Å². The smallest absolute Gasteiger partial charge is 0.328 e. The first-order valence-electron chi connectivity index (χ1n) is 7.24. The molecular formula is C17H25NO3. The molecule has 1 N–H and O–H groups in total. The van der Waals surface area contributed by atoms with Gasteiger partial charge in [-0.2, -0.15) is 0 Å². The number of nitrogens with zero attached hydrogens (tertiary/aromatic N) is 1. The van der Waals surface area contributed by atoms with Gasteiger partial charge in [0.2, 0.25) is 0 Å². The Morgan fingerprint density at radius 3 is 2.43 bits per heavy atom. The van der Waals surface area contributed by atoms with Crippen LogP contribution in [0.3, 0.4) is 0 Å². The molecule has 1 aromatic carbocycles. The van der Waals surface area contributed by atoms with Gasteiger partial charge in [0.25, 0.3) is 0 Å². The molecule has 116 valence electrons. The molecule has 1 unspecified atom stereocenters. The second-order valence-electron chi connectivity index (χ2n) is 5.55. The van der Waals surface area contributed by atoms with Gasteiger partial charge in [-0.3, -0.25) is 0 Å². The largest absolute Gasteiger partial charge is 0.492 e. The number of likely N-dealkylation sites (N-methyl/N-ethyl adjacent to an activating group) is 1. The topological polar surface area (TPSA) is 49.8 Å². The Morgan fingerprint density at radius 1 is 1.29 bits per heavy atom. The molecule has 0 saturated carbocycles. The van der Waals surface area contributed by atoms with Crippen LogP contribution in [-0.4, -0.2) is 42.2 Å². The van der Waals surface area contributed by atoms with Crippen LogP contribution in [0, 0.1) is 5.92 Å². The standard InChI is InChI=1S/C17H25NO3/c1-13(2)14(3)18(4)11-12-21-16-8-5-15(6-9-16)7-10-17(19)20/h5-10,13-14H,11-12H2,1-4H3,(H,19,20). The molecule has 21 heavy (non-hydrogen) atoms. The summed E-state index contributed by atoms with van der Waals surface area (Å²) in [5, 5.41) is 8.57. The Kier molecular flexibility index (Phi) is 6.96. The minimum Gasteiger partial charge on any atom is -0.492 e. The van der Waals surface area contributed by atoms with E-state index in [1.54, 1.807) is 6.08 Å². The van der Waals surface area contributed by atoms with Crippen molar-refractivity contribution in [1.82, 2.24) is 4.90 Å². The minimum atomic E-state index is -0.947. The fraction of sp³-hybridized carbons (Fsp3) is 0.471. The number of rotatable bonds is 8. The van der Waals surface area contributed by atoms with Crippen molar-refractivity contribution in [3.05, 3.63) is 35.9 Å². The lowest BCUT2D eigenvalue weighted by molar-refractivity contribution is -0.131. The van der Waals surface area contributed by atoms with Crippen molar-refractivity contribution in [2.75, 3.05) is 20.2 Å². The van der Waals surface area contributed by atoms with Gasteiger partial charge in [-0.1, -0.05) is 26.0 Å². The number of hydrogen-bond acceptors (Lipinski definition) is 3. The van der Waals surface area contributed by atoms with Crippen LogP contribution >= 0.6 is 0 Å². The number of ether oxygens (including phenoxy) is 1. The van der Waals surface area contributed by atoms with Crippen LogP contribution in [0.2, 0.25) is 0 Å². The van der Waals surface area contributed by atoms with E-state index in [-0.39, 0.29) is 0 Å². The highest BCUT2D eigenvalue weighted by Crippen LogP contribution is 2.14. The number of aliphatic carboxylic acids is 1. The van der Waals surface area contributed by atoms with Crippen molar-refractivity contribution in [2.45, 2.75) is 26.8 Å². The van der Waals surface area contributed by atoms with Crippen molar-refractivity contribution in [2.24, 2.45) is 5.92 Å². The molecule has 0 saturated heterocycles. The summed E-state index contributed by atoms with van der Waals surface area (Å²) in [4.78, 5) is 12.7. The van der Waals surface area contributed by atoms with Gasteiger partial charge in [0.15, 0.2) is 0 Å². The molecule has 0 spiro atoms. The molecule has 0 heterocycles. The van der Waals surface area contributed by atoms with Gasteiger partial charge in [-0.15, -0.1) is 0 Å². The summed E-state index contributed by atoms with van der Waals surface area (Å²) in [6.07, 6.45) is 2.68. The summed E-state index contributed by atoms with van der Waals surface area (Å²) in [6.45, 7) is 8.16. The van der Waals surface area contributed by atoms with E-state index in [1.165, 1.54) is 0 Å². The van der Waals surface area contributed by atoms with E-state index < -0.39 is 5.97 Å². The summed E-state index contributed by atoms with van der Waals surface area (Å²) in [7, 11) is 2.10. The number of hydrogen-bond donors (Lipinski definition) is 1. The van der Waals surface area contributed by atoms with E-state index in [9.17, 15) is 4.79 Å². The zero-order chi connectivity index (χ0) is 15.8. The molecule has 0 aromatic heterocycles. The summed E-state index contributed by atoms with van der Waals surface area (Å²) >= 11 is 0. The van der Waals surface area contributed by atoms with Crippen LogP contribution in [0.15, 0.2) is 30.3 Å². The van der Waals surface area contributed by atoms with Gasteiger partial charge in [0, 0.05) is 18.7 Å². The van der Waals surface area contributed by atoms with Crippen LogP contribution in [0.4, 0.5) is 0 Å². The van der Waals surface area contributed by atoms with Crippen molar-refractivity contribution >= 4 is 12.0 Å². The van der Waals surface area contributed by atoms with Gasteiger partial charge in [0.1, 0.15) is 12.4 Å². The van der Waals surface area contributed by atoms with E-state index in [0.717, 1.165) is 23.9 Å². The first kappa shape index (κ1) is 17.2. The number of carbonyl (C=O) groups is 1. The van der Waals surface area contributed by atoms with E-state index in [4.69, 9.17) is 9.84 Å². The summed E-state index contributed by atoms with van der Waals surface area (Å²) in [6, 6.07) is 7.92. The highest BCUT2D eigenvalue weighted by molar-refractivity contribution is 5.85. The predicted octanol–water partition coefficient (Wildman–Crippen LogP) is 3.14. The maximum Gasteiger partial charge on any atom is 0.328 e. The second kappa shape index (κ2) is 8.47. The molecule has 4 heteroatoms. The zero-order valence-electron chi connectivity index (χ0n) is 13.2. The molecule has 1 atom stereocenters. The van der Waals surface area contributed by atoms with E-state index >= 15 is 0 Å². The lowest BCUT2D eigenvalue weighted by Gasteiger charge is -2.27. The summed E-state index contributed by atoms with van der Waals surface area (Å²) in [5.41, 5.74) is 0.843. The Labute approximate surface area is 127 Å². The average Bonchev–Trinajstić information content (AvgIpc) is 2.45. The van der Waals surface area contributed by atoms with Crippen LogP contribution < -0.4 is 4.74 Å². The van der Waals surface area contributed by atoms with Crippen molar-refractivity contribution < 1.29 is 14.6 Å². The molecule has 0 bridgehead atoms. The highest BCUT2D eigenvalue weighted by Gasteiger charge is 2.12. The molecule has 0 aliphatic carbocycles. The van der Waals surface area contributed by atoms with Crippen LogP contribution in [0.25, 0.3) is 6.08 Å². The van der Waals surface area contributed by atoms with Gasteiger partial charge < -0.3 is 14.7 Å². The molecule has 1 aromatic rings. The fourth-order valence-corrected chi connectivity index (χ4v) is 1.86. The van der Waals surface area contributed by atoms with Crippen molar-refractivity contribution in [3.63, 3.8) is 0 Å². The molecule has 0 aliphatic rings. The lowest BCUT2D eigenvalue weighted by atomic mass is 10.1. The number of carboxylic acid groups (broad SMARTS) is 1. The Hall–Kier alpha value is -1.81. The molecule has 1 rings (SSSR count). The Balaban J connectivity index is 2.41. The third-order valence-corrected chi connectivity index (χ3v) is 3.67. The quantitative estimate of drug-likeness (QED) is 0.748. The second-order valence-corrected chi connectivity index (χ2v) is 5.55. The maximum atomic E-state index is 10.4. The SMILES string of the molecule is CC(C)C(C)N(C)CCOc1ccc(C=CC(=O)O)cc1. The Bertz CT molecular complexity index is 465. The van der Waals surface area contributed by atoms with Gasteiger partial charge in [0.05, 0.1) is 0 Å². The highest BCUT2D eigenvalue weighted by atomic mass is 16.5. The fourth-order valence-electron chi connectivity index (χ4n) is 1.86. The summed E-state index contributed by atoms with van der Waals surface area (Å²) < 4.78 is 5.71. The Morgan fingerprint density at radius 2 is 1.90 bits per heavy atom. The number of benzene rings is 1. The first-order chi connectivity index (χ1) is 9.90. The zero-order valence-corrected chi connectivity index (χ0v) is 13.2. The normalized spacial score (nSPS) is 13.0. The molecule has 4 nitrogen and oxygen atoms in total. The molecule has 0 aliphatic heterocycles. The monoisotopic (exact) mass is 291 g/mol. The average molecular weight is 291 g/mol. The van der Waals surface area contributed by atoms with Gasteiger partial charge in [-0.25, -0.2) is 4.79 Å². The van der Waals surface area contributed by atoms with Crippen LogP contribution in [-0.2, 0) is 4.79 Å². The first-order valence-corrected chi connectivity index (χ1v) is 7.24. The number of carboxylic acids is 1. The van der Waals surface area contributed by atoms with E-state index in [1.807, 2.05) is 24.3 Å². The van der Waals surface area contributed by atoms with Crippen LogP contribution in [0.1, 0.15) is 26.3 Å². The molecule has 0 fully saturated rings. The lowest BCUT2D eigenvalue weighted by Crippen LogP contribution is -2.36. The molecule has 0 radical (unpaired) electrons. The summed E-state index contributed by atoms with van der Waals surface area (Å²) in [5.74, 6) is 0.473. The van der Waals surface area contributed by atoms with Gasteiger partial charge in [-0.05, 0) is 43.7 Å². The van der Waals surface area contributed by atoms with E-state index in [2.05, 4.69) is 32.7 Å².